The Morgan fingerprint density at radius 2 is 1.96 bits per heavy atom. The van der Waals surface area contributed by atoms with Crippen molar-refractivity contribution in [1.82, 2.24) is 9.55 Å². The van der Waals surface area contributed by atoms with Crippen molar-refractivity contribution in [1.29, 1.82) is 0 Å². The molecule has 26 heavy (non-hydrogen) atoms. The summed E-state index contributed by atoms with van der Waals surface area (Å²) in [6.45, 7) is 3.47. The standard InChI is InChI=1S/C20H23Cl2N3O/c1-2-3-5-14-6-8-18-17(12-14)24-20(23)25(18)10-4-11-26-19-9-7-15(21)13-16(19)22/h6-9,12-13H,2-5,10-11H2,1H3,(H2,23,24). The van der Waals surface area contributed by atoms with Gasteiger partial charge in [0.1, 0.15) is 5.75 Å². The van der Waals surface area contributed by atoms with E-state index in [2.05, 4.69) is 30.1 Å². The van der Waals surface area contributed by atoms with Gasteiger partial charge in [0.25, 0.3) is 0 Å². The van der Waals surface area contributed by atoms with Crippen molar-refractivity contribution >= 4 is 40.2 Å². The molecule has 0 saturated carbocycles. The lowest BCUT2D eigenvalue weighted by molar-refractivity contribution is 0.303. The molecule has 0 unspecified atom stereocenters. The molecule has 0 spiro atoms. The number of hydrogen-bond acceptors (Lipinski definition) is 3. The van der Waals surface area contributed by atoms with Gasteiger partial charge in [0.15, 0.2) is 0 Å². The molecule has 0 amide bonds. The largest absolute Gasteiger partial charge is 0.492 e. The van der Waals surface area contributed by atoms with Crippen molar-refractivity contribution in [3.8, 4) is 5.75 Å². The predicted octanol–water partition coefficient (Wildman–Crippen LogP) is 5.74. The highest BCUT2D eigenvalue weighted by molar-refractivity contribution is 6.35. The minimum Gasteiger partial charge on any atom is -0.492 e. The zero-order valence-corrected chi connectivity index (χ0v) is 16.4. The molecule has 1 heterocycles. The first-order valence-electron chi connectivity index (χ1n) is 8.91. The summed E-state index contributed by atoms with van der Waals surface area (Å²) < 4.78 is 7.77. The van der Waals surface area contributed by atoms with Crippen LogP contribution in [0.15, 0.2) is 36.4 Å². The molecule has 3 rings (SSSR count). The molecule has 138 valence electrons. The molecular formula is C20H23Cl2N3O. The molecule has 1 aromatic heterocycles. The SMILES string of the molecule is CCCCc1ccc2c(c1)nc(N)n2CCCOc1ccc(Cl)cc1Cl. The molecule has 4 nitrogen and oxygen atoms in total. The molecule has 2 N–H and O–H groups in total. The van der Waals surface area contributed by atoms with Gasteiger partial charge in [-0.25, -0.2) is 4.98 Å². The highest BCUT2D eigenvalue weighted by atomic mass is 35.5. The fourth-order valence-electron chi connectivity index (χ4n) is 2.96. The van der Waals surface area contributed by atoms with E-state index in [9.17, 15) is 0 Å². The normalized spacial score (nSPS) is 11.2. The van der Waals surface area contributed by atoms with E-state index in [1.54, 1.807) is 18.2 Å². The number of nitrogens with zero attached hydrogens (tertiary/aromatic N) is 2. The highest BCUT2D eigenvalue weighted by Crippen LogP contribution is 2.27. The number of benzene rings is 2. The van der Waals surface area contributed by atoms with Gasteiger partial charge in [0, 0.05) is 11.6 Å². The number of ether oxygens (including phenoxy) is 1. The van der Waals surface area contributed by atoms with Crippen molar-refractivity contribution < 1.29 is 4.74 Å². The number of fused-ring (bicyclic) bond motifs is 1. The Kier molecular flexibility index (Phi) is 6.28. The van der Waals surface area contributed by atoms with E-state index in [0.717, 1.165) is 30.4 Å². The summed E-state index contributed by atoms with van der Waals surface area (Å²) in [4.78, 5) is 4.51. The maximum Gasteiger partial charge on any atom is 0.201 e. The molecule has 0 aliphatic carbocycles. The Hall–Kier alpha value is -1.91. The number of unbranched alkanes of at least 4 members (excludes halogenated alkanes) is 1. The summed E-state index contributed by atoms with van der Waals surface area (Å²) in [5.74, 6) is 1.18. The van der Waals surface area contributed by atoms with Crippen LogP contribution in [0.3, 0.4) is 0 Å². The molecule has 0 fully saturated rings. The molecule has 0 aliphatic rings. The molecule has 0 atom stereocenters. The van der Waals surface area contributed by atoms with Crippen LogP contribution >= 0.6 is 23.2 Å². The third-order valence-corrected chi connectivity index (χ3v) is 4.87. The van der Waals surface area contributed by atoms with E-state index < -0.39 is 0 Å². The Morgan fingerprint density at radius 1 is 1.12 bits per heavy atom. The first-order valence-corrected chi connectivity index (χ1v) is 9.66. The summed E-state index contributed by atoms with van der Waals surface area (Å²) in [7, 11) is 0. The van der Waals surface area contributed by atoms with Gasteiger partial charge in [-0.05, 0) is 55.2 Å². The molecular weight excluding hydrogens is 369 g/mol. The fraction of sp³-hybridized carbons (Fsp3) is 0.350. The van der Waals surface area contributed by atoms with E-state index in [1.807, 2.05) is 4.57 Å². The maximum absolute atomic E-state index is 6.12. The van der Waals surface area contributed by atoms with E-state index in [1.165, 1.54) is 18.4 Å². The average Bonchev–Trinajstić information content (AvgIpc) is 2.93. The maximum atomic E-state index is 6.12. The Balaban J connectivity index is 1.62. The fourth-order valence-corrected chi connectivity index (χ4v) is 3.43. The number of anilines is 1. The molecule has 3 aromatic rings. The molecule has 0 radical (unpaired) electrons. The third-order valence-electron chi connectivity index (χ3n) is 4.34. The van der Waals surface area contributed by atoms with Crippen molar-refractivity contribution in [2.45, 2.75) is 39.2 Å². The first-order chi connectivity index (χ1) is 12.6. The minimum atomic E-state index is 0.518. The van der Waals surface area contributed by atoms with Crippen LogP contribution in [-0.4, -0.2) is 16.2 Å². The van der Waals surface area contributed by atoms with E-state index in [-0.39, 0.29) is 0 Å². The Labute approximate surface area is 163 Å². The van der Waals surface area contributed by atoms with Gasteiger partial charge in [-0.2, -0.15) is 0 Å². The Morgan fingerprint density at radius 3 is 2.73 bits per heavy atom. The number of nitrogen functional groups attached to an aromatic ring is 1. The van der Waals surface area contributed by atoms with Gasteiger partial charge in [0.2, 0.25) is 5.95 Å². The molecule has 2 aromatic carbocycles. The molecule has 6 heteroatoms. The summed E-state index contributed by atoms with van der Waals surface area (Å²) in [5.41, 5.74) is 9.44. The highest BCUT2D eigenvalue weighted by Gasteiger charge is 2.09. The number of nitrogens with two attached hydrogens (primary N) is 1. The third kappa shape index (κ3) is 4.43. The van der Waals surface area contributed by atoms with Crippen LogP contribution in [0.1, 0.15) is 31.7 Å². The summed E-state index contributed by atoms with van der Waals surface area (Å²) >= 11 is 12.0. The first kappa shape index (κ1) is 18.9. The van der Waals surface area contributed by atoms with Gasteiger partial charge in [-0.15, -0.1) is 0 Å². The van der Waals surface area contributed by atoms with E-state index >= 15 is 0 Å². The quantitative estimate of drug-likeness (QED) is 0.498. The lowest BCUT2D eigenvalue weighted by Crippen LogP contribution is -2.07. The topological polar surface area (TPSA) is 53.1 Å². The number of rotatable bonds is 8. The minimum absolute atomic E-state index is 0.518. The monoisotopic (exact) mass is 391 g/mol. The van der Waals surface area contributed by atoms with Crippen molar-refractivity contribution in [3.05, 3.63) is 52.0 Å². The number of imidazole rings is 1. The van der Waals surface area contributed by atoms with Crippen LogP contribution in [0.25, 0.3) is 11.0 Å². The van der Waals surface area contributed by atoms with Crippen molar-refractivity contribution in [2.24, 2.45) is 0 Å². The second-order valence-electron chi connectivity index (χ2n) is 6.33. The van der Waals surface area contributed by atoms with Crippen molar-refractivity contribution in [3.63, 3.8) is 0 Å². The second kappa shape index (κ2) is 8.65. The molecule has 0 saturated heterocycles. The Bertz CT molecular complexity index is 892. The van der Waals surface area contributed by atoms with Crippen molar-refractivity contribution in [2.75, 3.05) is 12.3 Å². The van der Waals surface area contributed by atoms with Gasteiger partial charge in [-0.3, -0.25) is 0 Å². The number of aryl methyl sites for hydroxylation is 2. The lowest BCUT2D eigenvalue weighted by Gasteiger charge is -2.10. The second-order valence-corrected chi connectivity index (χ2v) is 7.17. The summed E-state index contributed by atoms with van der Waals surface area (Å²) in [6.07, 6.45) is 4.25. The van der Waals surface area contributed by atoms with Crippen LogP contribution in [0, 0.1) is 0 Å². The number of hydrogen-bond donors (Lipinski definition) is 1. The smallest absolute Gasteiger partial charge is 0.201 e. The van der Waals surface area contributed by atoms with Crippen LogP contribution in [0.2, 0.25) is 10.0 Å². The number of halogens is 2. The van der Waals surface area contributed by atoms with Crippen LogP contribution in [0.5, 0.6) is 5.75 Å². The van der Waals surface area contributed by atoms with Crippen LogP contribution in [-0.2, 0) is 13.0 Å². The number of aromatic nitrogens is 2. The zero-order chi connectivity index (χ0) is 18.5. The molecule has 0 bridgehead atoms. The van der Waals surface area contributed by atoms with Crippen LogP contribution < -0.4 is 10.5 Å². The summed E-state index contributed by atoms with van der Waals surface area (Å²) in [6, 6.07) is 11.6. The van der Waals surface area contributed by atoms with E-state index in [4.69, 9.17) is 33.7 Å². The van der Waals surface area contributed by atoms with E-state index in [0.29, 0.717) is 28.3 Å². The van der Waals surface area contributed by atoms with Gasteiger partial charge < -0.3 is 15.0 Å². The summed E-state index contributed by atoms with van der Waals surface area (Å²) in [5, 5.41) is 1.11. The predicted molar refractivity (Wildman–Crippen MR) is 109 cm³/mol. The zero-order valence-electron chi connectivity index (χ0n) is 14.8. The van der Waals surface area contributed by atoms with Gasteiger partial charge in [0.05, 0.1) is 22.7 Å². The lowest BCUT2D eigenvalue weighted by atomic mass is 10.1. The van der Waals surface area contributed by atoms with Gasteiger partial charge in [-0.1, -0.05) is 42.6 Å². The average molecular weight is 392 g/mol. The van der Waals surface area contributed by atoms with Gasteiger partial charge >= 0.3 is 0 Å². The van der Waals surface area contributed by atoms with Crippen LogP contribution in [0.4, 0.5) is 5.95 Å². The molecule has 0 aliphatic heterocycles.